The van der Waals surface area contributed by atoms with Crippen LogP contribution in [0.25, 0.3) is 0 Å². The highest BCUT2D eigenvalue weighted by atomic mass is 32.1. The second-order valence-corrected chi connectivity index (χ2v) is 5.12. The van der Waals surface area contributed by atoms with Gasteiger partial charge in [0.05, 0.1) is 11.1 Å². The van der Waals surface area contributed by atoms with E-state index in [9.17, 15) is 5.11 Å². The Hall–Kier alpha value is -0.410. The SMILES string of the molecule is Cc1csc(CCCC(O)C2CC2)n1. The lowest BCUT2D eigenvalue weighted by Gasteiger charge is -2.06. The maximum absolute atomic E-state index is 9.66. The van der Waals surface area contributed by atoms with Crippen LogP contribution < -0.4 is 0 Å². The Balaban J connectivity index is 1.67. The molecular weight excluding hydrogens is 194 g/mol. The molecule has 0 bridgehead atoms. The van der Waals surface area contributed by atoms with Gasteiger partial charge in [-0.25, -0.2) is 4.98 Å². The fourth-order valence-electron chi connectivity index (χ4n) is 1.70. The Morgan fingerprint density at radius 1 is 1.64 bits per heavy atom. The molecule has 1 aliphatic carbocycles. The zero-order valence-corrected chi connectivity index (χ0v) is 9.39. The Morgan fingerprint density at radius 3 is 3.00 bits per heavy atom. The van der Waals surface area contributed by atoms with Crippen LogP contribution in [-0.4, -0.2) is 16.2 Å². The molecule has 1 aromatic rings. The highest BCUT2D eigenvalue weighted by Crippen LogP contribution is 2.34. The van der Waals surface area contributed by atoms with Crippen molar-refractivity contribution in [1.82, 2.24) is 4.98 Å². The molecule has 1 aromatic heterocycles. The number of hydrogen-bond acceptors (Lipinski definition) is 3. The number of aryl methyl sites for hydroxylation is 2. The lowest BCUT2D eigenvalue weighted by atomic mass is 10.1. The van der Waals surface area contributed by atoms with Gasteiger partial charge in [0, 0.05) is 11.1 Å². The Labute approximate surface area is 89.0 Å². The Bertz CT molecular complexity index is 293. The van der Waals surface area contributed by atoms with Gasteiger partial charge in [0.25, 0.3) is 0 Å². The van der Waals surface area contributed by atoms with E-state index < -0.39 is 0 Å². The van der Waals surface area contributed by atoms with E-state index in [0.717, 1.165) is 25.0 Å². The van der Waals surface area contributed by atoms with E-state index in [4.69, 9.17) is 0 Å². The molecule has 0 aromatic carbocycles. The highest BCUT2D eigenvalue weighted by Gasteiger charge is 2.28. The molecule has 1 fully saturated rings. The normalized spacial score (nSPS) is 18.4. The van der Waals surface area contributed by atoms with Gasteiger partial charge in [-0.15, -0.1) is 11.3 Å². The third-order valence-electron chi connectivity index (χ3n) is 2.72. The minimum Gasteiger partial charge on any atom is -0.393 e. The van der Waals surface area contributed by atoms with Crippen molar-refractivity contribution in [2.75, 3.05) is 0 Å². The van der Waals surface area contributed by atoms with Crippen molar-refractivity contribution >= 4 is 11.3 Å². The summed E-state index contributed by atoms with van der Waals surface area (Å²) in [6.07, 6.45) is 5.47. The Morgan fingerprint density at radius 2 is 2.43 bits per heavy atom. The van der Waals surface area contributed by atoms with Gasteiger partial charge in [0.1, 0.15) is 0 Å². The molecule has 1 atom stereocenters. The molecule has 2 nitrogen and oxygen atoms in total. The number of aliphatic hydroxyl groups is 1. The minimum atomic E-state index is -0.0453. The fraction of sp³-hybridized carbons (Fsp3) is 0.727. The number of aliphatic hydroxyl groups excluding tert-OH is 1. The molecule has 2 rings (SSSR count). The molecule has 1 N–H and O–H groups in total. The number of nitrogens with zero attached hydrogens (tertiary/aromatic N) is 1. The quantitative estimate of drug-likeness (QED) is 0.812. The molecule has 1 saturated carbocycles. The van der Waals surface area contributed by atoms with Crippen LogP contribution in [0, 0.1) is 12.8 Å². The second kappa shape index (κ2) is 4.41. The average molecular weight is 211 g/mol. The zero-order chi connectivity index (χ0) is 9.97. The predicted octanol–water partition coefficient (Wildman–Crippen LogP) is 2.55. The first kappa shape index (κ1) is 10.1. The zero-order valence-electron chi connectivity index (χ0n) is 8.57. The van der Waals surface area contributed by atoms with Gasteiger partial charge >= 0.3 is 0 Å². The largest absolute Gasteiger partial charge is 0.393 e. The average Bonchev–Trinajstić information content (AvgIpc) is 2.92. The summed E-state index contributed by atoms with van der Waals surface area (Å²) in [7, 11) is 0. The van der Waals surface area contributed by atoms with Gasteiger partial charge in [-0.05, 0) is 44.9 Å². The topological polar surface area (TPSA) is 33.1 Å². The molecule has 0 saturated heterocycles. The van der Waals surface area contributed by atoms with Crippen LogP contribution >= 0.6 is 11.3 Å². The first-order valence-electron chi connectivity index (χ1n) is 5.35. The summed E-state index contributed by atoms with van der Waals surface area (Å²) in [5, 5.41) is 13.0. The third kappa shape index (κ3) is 2.79. The van der Waals surface area contributed by atoms with Crippen LogP contribution in [0.1, 0.15) is 36.4 Å². The van der Waals surface area contributed by atoms with E-state index in [2.05, 4.69) is 10.4 Å². The molecule has 3 heteroatoms. The van der Waals surface area contributed by atoms with Crippen molar-refractivity contribution in [3.8, 4) is 0 Å². The van der Waals surface area contributed by atoms with Crippen LogP contribution in [0.5, 0.6) is 0 Å². The maximum Gasteiger partial charge on any atom is 0.0928 e. The number of rotatable bonds is 5. The third-order valence-corrected chi connectivity index (χ3v) is 3.75. The number of thiazole rings is 1. The molecule has 1 aliphatic rings. The van der Waals surface area contributed by atoms with Gasteiger partial charge in [-0.3, -0.25) is 0 Å². The van der Waals surface area contributed by atoms with E-state index in [0.29, 0.717) is 5.92 Å². The summed E-state index contributed by atoms with van der Waals surface area (Å²) in [5.41, 5.74) is 1.12. The Kier molecular flexibility index (Phi) is 3.19. The summed E-state index contributed by atoms with van der Waals surface area (Å²) in [5.74, 6) is 0.619. The van der Waals surface area contributed by atoms with E-state index in [1.807, 2.05) is 6.92 Å². The van der Waals surface area contributed by atoms with Gasteiger partial charge in [-0.2, -0.15) is 0 Å². The summed E-state index contributed by atoms with van der Waals surface area (Å²) in [4.78, 5) is 4.40. The van der Waals surface area contributed by atoms with Crippen molar-refractivity contribution in [3.63, 3.8) is 0 Å². The van der Waals surface area contributed by atoms with Crippen molar-refractivity contribution in [2.45, 2.75) is 45.1 Å². The molecule has 14 heavy (non-hydrogen) atoms. The molecule has 0 radical (unpaired) electrons. The summed E-state index contributed by atoms with van der Waals surface area (Å²) in [6, 6.07) is 0. The van der Waals surface area contributed by atoms with Crippen LogP contribution in [0.4, 0.5) is 0 Å². The van der Waals surface area contributed by atoms with Crippen LogP contribution in [-0.2, 0) is 6.42 Å². The monoisotopic (exact) mass is 211 g/mol. The smallest absolute Gasteiger partial charge is 0.0928 e. The molecule has 78 valence electrons. The molecule has 0 aliphatic heterocycles. The summed E-state index contributed by atoms with van der Waals surface area (Å²) < 4.78 is 0. The predicted molar refractivity (Wildman–Crippen MR) is 58.5 cm³/mol. The molecular formula is C11H17NOS. The first-order chi connectivity index (χ1) is 6.75. The lowest BCUT2D eigenvalue weighted by molar-refractivity contribution is 0.139. The van der Waals surface area contributed by atoms with Gasteiger partial charge in [0.2, 0.25) is 0 Å². The number of aromatic nitrogens is 1. The van der Waals surface area contributed by atoms with E-state index in [1.165, 1.54) is 17.8 Å². The molecule has 0 amide bonds. The van der Waals surface area contributed by atoms with Crippen molar-refractivity contribution in [1.29, 1.82) is 0 Å². The van der Waals surface area contributed by atoms with Gasteiger partial charge in [-0.1, -0.05) is 0 Å². The fourth-order valence-corrected chi connectivity index (χ4v) is 2.51. The second-order valence-electron chi connectivity index (χ2n) is 4.18. The maximum atomic E-state index is 9.66. The highest BCUT2D eigenvalue weighted by molar-refractivity contribution is 7.09. The molecule has 1 unspecified atom stereocenters. The van der Waals surface area contributed by atoms with E-state index in [-0.39, 0.29) is 6.10 Å². The standard InChI is InChI=1S/C11H17NOS/c1-8-7-14-11(12-8)4-2-3-10(13)9-5-6-9/h7,9-10,13H,2-6H2,1H3. The molecule has 0 spiro atoms. The van der Waals surface area contributed by atoms with Crippen molar-refractivity contribution in [2.24, 2.45) is 5.92 Å². The first-order valence-corrected chi connectivity index (χ1v) is 6.23. The summed E-state index contributed by atoms with van der Waals surface area (Å²) in [6.45, 7) is 2.03. The van der Waals surface area contributed by atoms with Gasteiger partial charge < -0.3 is 5.11 Å². The van der Waals surface area contributed by atoms with Crippen molar-refractivity contribution in [3.05, 3.63) is 16.1 Å². The molecule has 1 heterocycles. The van der Waals surface area contributed by atoms with Crippen molar-refractivity contribution < 1.29 is 5.11 Å². The summed E-state index contributed by atoms with van der Waals surface area (Å²) >= 11 is 1.73. The van der Waals surface area contributed by atoms with Crippen LogP contribution in [0.3, 0.4) is 0 Å². The van der Waals surface area contributed by atoms with Crippen LogP contribution in [0.2, 0.25) is 0 Å². The van der Waals surface area contributed by atoms with Crippen LogP contribution in [0.15, 0.2) is 5.38 Å². The minimum absolute atomic E-state index is 0.0453. The lowest BCUT2D eigenvalue weighted by Crippen LogP contribution is -2.08. The van der Waals surface area contributed by atoms with E-state index in [1.54, 1.807) is 11.3 Å². The van der Waals surface area contributed by atoms with E-state index >= 15 is 0 Å². The van der Waals surface area contributed by atoms with Gasteiger partial charge in [0.15, 0.2) is 0 Å². The number of hydrogen-bond donors (Lipinski definition) is 1.